The average Bonchev–Trinajstić information content (AvgIpc) is 2.93. The molecule has 40 heavy (non-hydrogen) atoms. The molecule has 0 saturated carbocycles. The number of rotatable bonds is 12. The molecule has 3 aromatic carbocycles. The van der Waals surface area contributed by atoms with Crippen LogP contribution in [-0.4, -0.2) is 43.8 Å². The molecule has 0 saturated heterocycles. The van der Waals surface area contributed by atoms with Crippen LogP contribution >= 0.6 is 11.6 Å². The highest BCUT2D eigenvalue weighted by molar-refractivity contribution is 7.92. The van der Waals surface area contributed by atoms with Crippen LogP contribution in [0, 0.1) is 12.7 Å². The second kappa shape index (κ2) is 13.8. The molecule has 2 atom stereocenters. The molecule has 0 bridgehead atoms. The molecule has 0 fully saturated rings. The van der Waals surface area contributed by atoms with Gasteiger partial charge in [-0.3, -0.25) is 13.9 Å². The summed E-state index contributed by atoms with van der Waals surface area (Å²) in [5, 5.41) is 3.31. The highest BCUT2D eigenvalue weighted by Gasteiger charge is 2.34. The predicted molar refractivity (Wildman–Crippen MR) is 156 cm³/mol. The number of carbonyl (C=O) groups is 2. The van der Waals surface area contributed by atoms with E-state index >= 15 is 0 Å². The van der Waals surface area contributed by atoms with Crippen molar-refractivity contribution in [1.29, 1.82) is 0 Å². The minimum atomic E-state index is -4.20. The zero-order chi connectivity index (χ0) is 29.4. The quantitative estimate of drug-likeness (QED) is 0.294. The van der Waals surface area contributed by atoms with Crippen molar-refractivity contribution in [2.75, 3.05) is 10.8 Å². The summed E-state index contributed by atoms with van der Waals surface area (Å²) in [6.07, 6.45) is 0.998. The minimum absolute atomic E-state index is 0.00580. The van der Waals surface area contributed by atoms with Crippen molar-refractivity contribution in [3.63, 3.8) is 0 Å². The summed E-state index contributed by atoms with van der Waals surface area (Å²) in [7, 11) is -4.20. The number of aryl methyl sites for hydroxylation is 1. The van der Waals surface area contributed by atoms with Gasteiger partial charge in [0.1, 0.15) is 18.4 Å². The fourth-order valence-corrected chi connectivity index (χ4v) is 5.84. The van der Waals surface area contributed by atoms with Gasteiger partial charge in [0.05, 0.1) is 10.6 Å². The molecule has 0 aromatic heterocycles. The van der Waals surface area contributed by atoms with Crippen molar-refractivity contribution in [2.45, 2.75) is 64.1 Å². The van der Waals surface area contributed by atoms with E-state index in [4.69, 9.17) is 11.6 Å². The van der Waals surface area contributed by atoms with E-state index in [0.717, 1.165) is 4.31 Å². The first-order valence-corrected chi connectivity index (χ1v) is 15.0. The smallest absolute Gasteiger partial charge is 0.264 e. The molecule has 3 aromatic rings. The minimum Gasteiger partial charge on any atom is -0.352 e. The summed E-state index contributed by atoms with van der Waals surface area (Å²) in [5.41, 5.74) is 1.59. The highest BCUT2D eigenvalue weighted by Crippen LogP contribution is 2.28. The van der Waals surface area contributed by atoms with E-state index < -0.39 is 34.3 Å². The molecular formula is C30H35ClFN3O4S. The van der Waals surface area contributed by atoms with E-state index in [-0.39, 0.29) is 23.4 Å². The molecule has 0 spiro atoms. The number of halogens is 2. The number of sulfonamides is 1. The second-order valence-corrected chi connectivity index (χ2v) is 11.9. The number of benzene rings is 3. The van der Waals surface area contributed by atoms with Gasteiger partial charge < -0.3 is 10.2 Å². The van der Waals surface area contributed by atoms with Crippen LogP contribution < -0.4 is 9.62 Å². The van der Waals surface area contributed by atoms with Crippen molar-refractivity contribution in [3.05, 3.63) is 94.8 Å². The fraction of sp³-hybridized carbons (Fsp3) is 0.333. The van der Waals surface area contributed by atoms with Crippen LogP contribution in [0.5, 0.6) is 0 Å². The van der Waals surface area contributed by atoms with Gasteiger partial charge in [-0.05, 0) is 80.3 Å². The van der Waals surface area contributed by atoms with Gasteiger partial charge in [-0.15, -0.1) is 0 Å². The van der Waals surface area contributed by atoms with Crippen LogP contribution in [0.15, 0.2) is 77.7 Å². The maximum atomic E-state index is 14.0. The Labute approximate surface area is 241 Å². The number of anilines is 1. The standard InChI is InChI=1S/C30H35ClFN3O4S/c1-5-22(4)33-30(37)27(6-2)34(19-23-11-15-25(32)16-12-23)29(36)20-35(28-10-8-7-9-21(28)3)40(38,39)26-17-13-24(31)14-18-26/h7-18,22,27H,5-6,19-20H2,1-4H3,(H,33,37). The third-order valence-electron chi connectivity index (χ3n) is 6.72. The normalized spacial score (nSPS) is 12.8. The zero-order valence-corrected chi connectivity index (χ0v) is 24.7. The van der Waals surface area contributed by atoms with E-state index in [2.05, 4.69) is 5.32 Å². The number of nitrogens with zero attached hydrogens (tertiary/aromatic N) is 2. The van der Waals surface area contributed by atoms with Crippen LogP contribution in [-0.2, 0) is 26.2 Å². The van der Waals surface area contributed by atoms with Crippen molar-refractivity contribution in [3.8, 4) is 0 Å². The maximum Gasteiger partial charge on any atom is 0.264 e. The van der Waals surface area contributed by atoms with Gasteiger partial charge in [0.2, 0.25) is 11.8 Å². The molecule has 2 unspecified atom stereocenters. The number of para-hydroxylation sites is 1. The molecule has 0 aliphatic heterocycles. The molecule has 1 N–H and O–H groups in total. The average molecular weight is 588 g/mol. The maximum absolute atomic E-state index is 14.0. The predicted octanol–water partition coefficient (Wildman–Crippen LogP) is 5.70. The van der Waals surface area contributed by atoms with Gasteiger partial charge in [-0.1, -0.05) is 55.8 Å². The fourth-order valence-electron chi connectivity index (χ4n) is 4.24. The molecule has 7 nitrogen and oxygen atoms in total. The molecule has 2 amide bonds. The van der Waals surface area contributed by atoms with Crippen LogP contribution in [0.2, 0.25) is 5.02 Å². The summed E-state index contributed by atoms with van der Waals surface area (Å²) in [5.74, 6) is -1.34. The van der Waals surface area contributed by atoms with Crippen LogP contribution in [0.4, 0.5) is 10.1 Å². The van der Waals surface area contributed by atoms with Gasteiger partial charge in [0.15, 0.2) is 0 Å². The third-order valence-corrected chi connectivity index (χ3v) is 8.74. The second-order valence-electron chi connectivity index (χ2n) is 9.64. The van der Waals surface area contributed by atoms with Crippen molar-refractivity contribution in [1.82, 2.24) is 10.2 Å². The Morgan fingerprint density at radius 3 is 2.15 bits per heavy atom. The molecule has 0 aliphatic rings. The summed E-state index contributed by atoms with van der Waals surface area (Å²) in [4.78, 5) is 28.7. The van der Waals surface area contributed by atoms with Gasteiger partial charge >= 0.3 is 0 Å². The Morgan fingerprint density at radius 1 is 0.950 bits per heavy atom. The zero-order valence-electron chi connectivity index (χ0n) is 23.1. The lowest BCUT2D eigenvalue weighted by molar-refractivity contribution is -0.140. The largest absolute Gasteiger partial charge is 0.352 e. The molecule has 0 heterocycles. The van der Waals surface area contributed by atoms with Crippen molar-refractivity contribution in [2.24, 2.45) is 0 Å². The number of amides is 2. The first kappa shape index (κ1) is 31.1. The Morgan fingerprint density at radius 2 is 1.57 bits per heavy atom. The third kappa shape index (κ3) is 7.61. The van der Waals surface area contributed by atoms with Crippen LogP contribution in [0.25, 0.3) is 0 Å². The van der Waals surface area contributed by atoms with E-state index in [0.29, 0.717) is 34.7 Å². The van der Waals surface area contributed by atoms with Gasteiger partial charge in [0.25, 0.3) is 10.0 Å². The van der Waals surface area contributed by atoms with Gasteiger partial charge in [-0.25, -0.2) is 12.8 Å². The monoisotopic (exact) mass is 587 g/mol. The highest BCUT2D eigenvalue weighted by atomic mass is 35.5. The summed E-state index contributed by atoms with van der Waals surface area (Å²) >= 11 is 5.99. The van der Waals surface area contributed by atoms with Crippen LogP contribution in [0.1, 0.15) is 44.7 Å². The first-order valence-electron chi connectivity index (χ1n) is 13.2. The SMILES string of the molecule is CCC(C)NC(=O)C(CC)N(Cc1ccc(F)cc1)C(=O)CN(c1ccccc1C)S(=O)(=O)c1ccc(Cl)cc1. The van der Waals surface area contributed by atoms with Crippen molar-refractivity contribution < 1.29 is 22.4 Å². The summed E-state index contributed by atoms with van der Waals surface area (Å²) in [6, 6.07) is 17.2. The Bertz CT molecular complexity index is 1420. The molecule has 10 heteroatoms. The lowest BCUT2D eigenvalue weighted by Gasteiger charge is -2.34. The van der Waals surface area contributed by atoms with Crippen molar-refractivity contribution >= 4 is 39.1 Å². The van der Waals surface area contributed by atoms with E-state index in [1.165, 1.54) is 41.3 Å². The lowest BCUT2D eigenvalue weighted by atomic mass is 10.1. The number of carbonyl (C=O) groups excluding carboxylic acids is 2. The molecule has 214 valence electrons. The summed E-state index contributed by atoms with van der Waals surface area (Å²) < 4.78 is 42.5. The Kier molecular flexibility index (Phi) is 10.7. The topological polar surface area (TPSA) is 86.8 Å². The Hall–Kier alpha value is -3.43. The summed E-state index contributed by atoms with van der Waals surface area (Å²) in [6.45, 7) is 6.80. The van der Waals surface area contributed by atoms with Gasteiger partial charge in [-0.2, -0.15) is 0 Å². The first-order chi connectivity index (χ1) is 19.0. The van der Waals surface area contributed by atoms with E-state index in [1.807, 2.05) is 13.8 Å². The molecular weight excluding hydrogens is 553 g/mol. The number of nitrogens with one attached hydrogen (secondary N) is 1. The molecule has 3 rings (SSSR count). The molecule has 0 aliphatic carbocycles. The van der Waals surface area contributed by atoms with E-state index in [9.17, 15) is 22.4 Å². The van der Waals surface area contributed by atoms with Gasteiger partial charge in [0, 0.05) is 17.6 Å². The molecule has 0 radical (unpaired) electrons. The van der Waals surface area contributed by atoms with Crippen LogP contribution in [0.3, 0.4) is 0 Å². The number of hydrogen-bond donors (Lipinski definition) is 1. The van der Waals surface area contributed by atoms with E-state index in [1.54, 1.807) is 50.2 Å². The lowest BCUT2D eigenvalue weighted by Crippen LogP contribution is -2.53. The Balaban J connectivity index is 2.06. The number of hydrogen-bond acceptors (Lipinski definition) is 4.